The Kier molecular flexibility index (Phi) is 6.64. The number of fused-ring (bicyclic) bond motifs is 1. The maximum atomic E-state index is 12.5. The first-order valence-corrected chi connectivity index (χ1v) is 11.4. The maximum Gasteiger partial charge on any atom is 0.240 e. The van der Waals surface area contributed by atoms with Gasteiger partial charge in [-0.25, -0.2) is 8.42 Å². The van der Waals surface area contributed by atoms with E-state index in [0.717, 1.165) is 23.4 Å². The van der Waals surface area contributed by atoms with E-state index in [0.29, 0.717) is 30.4 Å². The first-order valence-electron chi connectivity index (χ1n) is 9.53. The van der Waals surface area contributed by atoms with E-state index in [9.17, 15) is 13.2 Å². The van der Waals surface area contributed by atoms with E-state index < -0.39 is 10.0 Å². The van der Waals surface area contributed by atoms with Gasteiger partial charge in [0.25, 0.3) is 0 Å². The Morgan fingerprint density at radius 1 is 1.10 bits per heavy atom. The number of ether oxygens (including phenoxy) is 2. The van der Waals surface area contributed by atoms with Crippen molar-refractivity contribution < 1.29 is 22.7 Å². The van der Waals surface area contributed by atoms with Gasteiger partial charge in [-0.05, 0) is 37.5 Å². The third-order valence-corrected chi connectivity index (χ3v) is 5.76. The molecule has 0 aliphatic carbocycles. The van der Waals surface area contributed by atoms with E-state index in [1.165, 1.54) is 5.56 Å². The lowest BCUT2D eigenvalue weighted by molar-refractivity contribution is -0.120. The van der Waals surface area contributed by atoms with Gasteiger partial charge in [0.2, 0.25) is 15.9 Å². The molecule has 0 saturated carbocycles. The summed E-state index contributed by atoms with van der Waals surface area (Å²) in [7, 11) is -3.65. The lowest BCUT2D eigenvalue weighted by Gasteiger charge is -2.25. The molecule has 0 fully saturated rings. The highest BCUT2D eigenvalue weighted by Crippen LogP contribution is 2.34. The molecule has 2 aromatic rings. The van der Waals surface area contributed by atoms with E-state index in [4.69, 9.17) is 9.47 Å². The summed E-state index contributed by atoms with van der Waals surface area (Å²) in [4.78, 5) is 12.5. The molecule has 1 atom stereocenters. The SMILES string of the molecule is C[C@H](CCc1ccccc1)NC(=O)CN(c1ccc2c(c1)OCCO2)S(C)(=O)=O. The second-order valence-corrected chi connectivity index (χ2v) is 9.00. The van der Waals surface area contributed by atoms with E-state index in [1.54, 1.807) is 18.2 Å². The molecule has 1 aliphatic rings. The van der Waals surface area contributed by atoms with Crippen molar-refractivity contribution >= 4 is 21.6 Å². The zero-order valence-electron chi connectivity index (χ0n) is 16.6. The van der Waals surface area contributed by atoms with Gasteiger partial charge < -0.3 is 14.8 Å². The maximum absolute atomic E-state index is 12.5. The number of nitrogens with zero attached hydrogens (tertiary/aromatic N) is 1. The quantitative estimate of drug-likeness (QED) is 0.711. The molecular formula is C21H26N2O5S. The predicted molar refractivity (Wildman–Crippen MR) is 112 cm³/mol. The van der Waals surface area contributed by atoms with Gasteiger partial charge in [-0.3, -0.25) is 9.10 Å². The fourth-order valence-corrected chi connectivity index (χ4v) is 3.99. The summed E-state index contributed by atoms with van der Waals surface area (Å²) in [6.45, 7) is 2.46. The average Bonchev–Trinajstić information content (AvgIpc) is 2.70. The van der Waals surface area contributed by atoms with Gasteiger partial charge in [-0.15, -0.1) is 0 Å². The van der Waals surface area contributed by atoms with Crippen LogP contribution in [-0.2, 0) is 21.2 Å². The molecule has 0 saturated heterocycles. The highest BCUT2D eigenvalue weighted by atomic mass is 32.2. The lowest BCUT2D eigenvalue weighted by Crippen LogP contribution is -2.43. The standard InChI is InChI=1S/C21H26N2O5S/c1-16(8-9-17-6-4-3-5-7-17)22-21(24)15-23(29(2,25)26)18-10-11-19-20(14-18)28-13-12-27-19/h3-7,10-11,14,16H,8-9,12-13,15H2,1-2H3,(H,22,24)/t16-/m1/s1. The number of aryl methyl sites for hydroxylation is 1. The molecule has 1 N–H and O–H groups in total. The molecule has 7 nitrogen and oxygen atoms in total. The number of hydrogen-bond donors (Lipinski definition) is 1. The highest BCUT2D eigenvalue weighted by molar-refractivity contribution is 7.92. The number of hydrogen-bond acceptors (Lipinski definition) is 5. The van der Waals surface area contributed by atoms with Crippen LogP contribution in [0.25, 0.3) is 0 Å². The first kappa shape index (κ1) is 21.0. The van der Waals surface area contributed by atoms with Crippen molar-refractivity contribution in [2.45, 2.75) is 25.8 Å². The predicted octanol–water partition coefficient (Wildman–Crippen LogP) is 2.36. The van der Waals surface area contributed by atoms with Crippen molar-refractivity contribution in [1.82, 2.24) is 5.32 Å². The summed E-state index contributed by atoms with van der Waals surface area (Å²) in [5.74, 6) is 0.678. The molecule has 0 bridgehead atoms. The molecule has 156 valence electrons. The fraction of sp³-hybridized carbons (Fsp3) is 0.381. The molecule has 8 heteroatoms. The minimum Gasteiger partial charge on any atom is -0.486 e. The molecule has 1 heterocycles. The van der Waals surface area contributed by atoms with Gasteiger partial charge in [-0.1, -0.05) is 30.3 Å². The first-order chi connectivity index (χ1) is 13.8. The van der Waals surface area contributed by atoms with Crippen LogP contribution >= 0.6 is 0 Å². The Bertz CT molecular complexity index is 947. The normalized spacial score (nSPS) is 14.1. The van der Waals surface area contributed by atoms with E-state index in [2.05, 4.69) is 5.32 Å². The average molecular weight is 419 g/mol. The fourth-order valence-electron chi connectivity index (χ4n) is 3.14. The monoisotopic (exact) mass is 418 g/mol. The summed E-state index contributed by atoms with van der Waals surface area (Å²) in [6, 6.07) is 14.8. The van der Waals surface area contributed by atoms with Gasteiger partial charge in [0, 0.05) is 12.1 Å². The van der Waals surface area contributed by atoms with Crippen LogP contribution in [0.4, 0.5) is 5.69 Å². The molecule has 0 unspecified atom stereocenters. The summed E-state index contributed by atoms with van der Waals surface area (Å²) in [5, 5.41) is 2.88. The molecule has 2 aromatic carbocycles. The van der Waals surface area contributed by atoms with Crippen molar-refractivity contribution in [3.05, 3.63) is 54.1 Å². The number of anilines is 1. The molecule has 1 aliphatic heterocycles. The van der Waals surface area contributed by atoms with Crippen LogP contribution in [0.5, 0.6) is 11.5 Å². The Hall–Kier alpha value is -2.74. The molecule has 1 amide bonds. The van der Waals surface area contributed by atoms with Crippen molar-refractivity contribution in [3.63, 3.8) is 0 Å². The lowest BCUT2D eigenvalue weighted by atomic mass is 10.1. The highest BCUT2D eigenvalue weighted by Gasteiger charge is 2.23. The summed E-state index contributed by atoms with van der Waals surface area (Å²) in [6.07, 6.45) is 2.68. The minimum absolute atomic E-state index is 0.0793. The molecule has 0 spiro atoms. The van der Waals surface area contributed by atoms with Crippen LogP contribution < -0.4 is 19.1 Å². The summed E-state index contributed by atoms with van der Waals surface area (Å²) in [5.41, 5.74) is 1.56. The van der Waals surface area contributed by atoms with Crippen molar-refractivity contribution in [2.75, 3.05) is 30.3 Å². The van der Waals surface area contributed by atoms with Gasteiger partial charge in [0.15, 0.2) is 11.5 Å². The smallest absolute Gasteiger partial charge is 0.240 e. The Balaban J connectivity index is 1.63. The number of amides is 1. The van der Waals surface area contributed by atoms with Crippen LogP contribution in [-0.4, -0.2) is 46.4 Å². The van der Waals surface area contributed by atoms with Gasteiger partial charge in [0.1, 0.15) is 19.8 Å². The van der Waals surface area contributed by atoms with Crippen LogP contribution in [0, 0.1) is 0 Å². The van der Waals surface area contributed by atoms with Crippen molar-refractivity contribution in [1.29, 1.82) is 0 Å². The van der Waals surface area contributed by atoms with Gasteiger partial charge in [0.05, 0.1) is 11.9 Å². The third-order valence-electron chi connectivity index (χ3n) is 4.62. The Labute approximate surface area is 171 Å². The molecule has 3 rings (SSSR count). The second kappa shape index (κ2) is 9.17. The third kappa shape index (κ3) is 5.87. The van der Waals surface area contributed by atoms with E-state index in [-0.39, 0.29) is 18.5 Å². The summed E-state index contributed by atoms with van der Waals surface area (Å²) >= 11 is 0. The van der Waals surface area contributed by atoms with Crippen molar-refractivity contribution in [2.24, 2.45) is 0 Å². The zero-order valence-corrected chi connectivity index (χ0v) is 17.4. The Morgan fingerprint density at radius 3 is 2.48 bits per heavy atom. The van der Waals surface area contributed by atoms with E-state index in [1.807, 2.05) is 37.3 Å². The largest absolute Gasteiger partial charge is 0.486 e. The number of benzene rings is 2. The molecule has 0 aromatic heterocycles. The molecular weight excluding hydrogens is 392 g/mol. The number of nitrogens with one attached hydrogen (secondary N) is 1. The zero-order chi connectivity index (χ0) is 20.9. The topological polar surface area (TPSA) is 84.9 Å². The number of carbonyl (C=O) groups is 1. The van der Waals surface area contributed by atoms with Gasteiger partial charge in [-0.2, -0.15) is 0 Å². The second-order valence-electron chi connectivity index (χ2n) is 7.09. The van der Waals surface area contributed by atoms with Crippen molar-refractivity contribution in [3.8, 4) is 11.5 Å². The van der Waals surface area contributed by atoms with Crippen LogP contribution in [0.3, 0.4) is 0 Å². The van der Waals surface area contributed by atoms with Gasteiger partial charge >= 0.3 is 0 Å². The van der Waals surface area contributed by atoms with E-state index >= 15 is 0 Å². The Morgan fingerprint density at radius 2 is 1.79 bits per heavy atom. The molecule has 0 radical (unpaired) electrons. The van der Waals surface area contributed by atoms with Crippen LogP contribution in [0.2, 0.25) is 0 Å². The number of carbonyl (C=O) groups excluding carboxylic acids is 1. The van der Waals surface area contributed by atoms with Crippen LogP contribution in [0.1, 0.15) is 18.9 Å². The molecule has 29 heavy (non-hydrogen) atoms. The number of sulfonamides is 1. The minimum atomic E-state index is -3.65. The van der Waals surface area contributed by atoms with Crippen LogP contribution in [0.15, 0.2) is 48.5 Å². The number of rotatable bonds is 8. The summed E-state index contributed by atoms with van der Waals surface area (Å²) < 4.78 is 36.7.